The number of methoxy groups -OCH3 is 1. The number of Topliss-reactive ketones (excluding diaryl/α,β-unsaturated/α-hetero) is 1. The Balaban J connectivity index is 1.90. The molecule has 4 heteroatoms. The van der Waals surface area contributed by atoms with E-state index < -0.39 is 55.4 Å². The van der Waals surface area contributed by atoms with Crippen LogP contribution in [0.5, 0.6) is 11.5 Å². The summed E-state index contributed by atoms with van der Waals surface area (Å²) in [6.07, 6.45) is -6.94. The van der Waals surface area contributed by atoms with E-state index in [1.807, 2.05) is 0 Å². The van der Waals surface area contributed by atoms with Crippen LogP contribution in [0.1, 0.15) is 42.7 Å². The summed E-state index contributed by atoms with van der Waals surface area (Å²) < 4.78 is 86.4. The van der Waals surface area contributed by atoms with Gasteiger partial charge in [0.15, 0.2) is 23.4 Å². The maximum Gasteiger partial charge on any atom is 0.174 e. The molecule has 2 aliphatic carbocycles. The van der Waals surface area contributed by atoms with E-state index in [1.54, 1.807) is 0 Å². The third-order valence-electron chi connectivity index (χ3n) is 5.34. The maximum atomic E-state index is 13.2. The van der Waals surface area contributed by atoms with E-state index in [-0.39, 0.29) is 35.6 Å². The molecule has 1 spiro atoms. The van der Waals surface area contributed by atoms with Crippen LogP contribution in [0.25, 0.3) is 0 Å². The Morgan fingerprint density at radius 3 is 3.36 bits per heavy atom. The number of ketones is 1. The van der Waals surface area contributed by atoms with Gasteiger partial charge in [0, 0.05) is 31.6 Å². The smallest absolute Gasteiger partial charge is 0.174 e. The molecular formula is C18H21NO3. The van der Waals surface area contributed by atoms with E-state index in [2.05, 4.69) is 0 Å². The molecule has 0 amide bonds. The Kier molecular flexibility index (Phi) is 1.27. The highest BCUT2D eigenvalue weighted by molar-refractivity contribution is 5.89. The van der Waals surface area contributed by atoms with Gasteiger partial charge in [-0.05, 0) is 50.3 Å². The average Bonchev–Trinajstić information content (AvgIpc) is 2.97. The van der Waals surface area contributed by atoms with Gasteiger partial charge in [-0.1, -0.05) is 6.07 Å². The maximum absolute atomic E-state index is 13.2. The number of carbonyl (C=O) groups is 1. The fourth-order valence-electron chi connectivity index (χ4n) is 4.36. The Morgan fingerprint density at radius 2 is 2.50 bits per heavy atom. The van der Waals surface area contributed by atoms with Gasteiger partial charge in [0.25, 0.3) is 0 Å². The SMILES string of the molecule is [2H]C([2H])([2H])Oc1ccc2c3c1OC1C(=O)C([2H])([2H])C[C@]4([2H])[C@@]31CCN(C)[C@]4([2H])C2([2H])[2H]. The van der Waals surface area contributed by atoms with Crippen molar-refractivity contribution in [3.63, 3.8) is 0 Å². The largest absolute Gasteiger partial charge is 0.493 e. The fraction of sp³-hybridized carbons (Fsp3) is 0.611. The monoisotopic (exact) mass is 308 g/mol. The zero-order valence-electron chi connectivity index (χ0n) is 21.0. The molecule has 2 fully saturated rings. The standard InChI is InChI=1S/C18H21NO3/c1-19-8-7-18-11-4-5-13(20)17(18)22-16-14(21-2)6-3-10(15(16)18)9-12(11)19/h3,6,11-12,17H,4-5,7-9H2,1-2H3/t11-,12+,17?,18-/m0/s1/i2D3,5D2,9D2,11D,12D. The topological polar surface area (TPSA) is 38.8 Å². The molecule has 116 valence electrons. The Bertz CT molecular complexity index is 1030. The van der Waals surface area contributed by atoms with Crippen molar-refractivity contribution in [2.24, 2.45) is 5.89 Å². The lowest BCUT2D eigenvalue weighted by Crippen LogP contribution is -2.65. The Labute approximate surface area is 143 Å². The van der Waals surface area contributed by atoms with Gasteiger partial charge in [0.05, 0.1) is 11.2 Å². The molecule has 1 saturated heterocycles. The molecule has 0 aromatic heterocycles. The van der Waals surface area contributed by atoms with E-state index >= 15 is 0 Å². The molecule has 2 aliphatic heterocycles. The quantitative estimate of drug-likeness (QED) is 0.795. The summed E-state index contributed by atoms with van der Waals surface area (Å²) in [6, 6.07) is 0.361. The third kappa shape index (κ3) is 1.27. The van der Waals surface area contributed by atoms with Crippen LogP contribution in [-0.4, -0.2) is 43.4 Å². The lowest BCUT2D eigenvalue weighted by atomic mass is 9.52. The van der Waals surface area contributed by atoms with E-state index in [1.165, 1.54) is 24.1 Å². The first kappa shape index (κ1) is 6.91. The fourth-order valence-corrected chi connectivity index (χ4v) is 4.36. The summed E-state index contributed by atoms with van der Waals surface area (Å²) in [5, 5.41) is 0. The van der Waals surface area contributed by atoms with Crippen LogP contribution in [0.15, 0.2) is 12.1 Å². The van der Waals surface area contributed by atoms with Crippen LogP contribution in [0, 0.1) is 5.89 Å². The summed E-state index contributed by atoms with van der Waals surface area (Å²) in [5.74, 6) is -3.33. The van der Waals surface area contributed by atoms with Crippen molar-refractivity contribution >= 4 is 5.78 Å². The number of carbonyl (C=O) groups excluding carboxylic acids is 1. The van der Waals surface area contributed by atoms with Gasteiger partial charge in [-0.15, -0.1) is 0 Å². The highest BCUT2D eigenvalue weighted by Crippen LogP contribution is 2.62. The highest BCUT2D eigenvalue weighted by atomic mass is 16.5. The second-order valence-corrected chi connectivity index (χ2v) is 6.23. The minimum Gasteiger partial charge on any atom is -0.493 e. The summed E-state index contributed by atoms with van der Waals surface area (Å²) in [7, 11) is -1.31. The molecule has 5 rings (SSSR count). The van der Waals surface area contributed by atoms with Crippen LogP contribution in [-0.2, 0) is 16.6 Å². The first-order valence-electron chi connectivity index (χ1n) is 11.8. The lowest BCUT2D eigenvalue weighted by molar-refractivity contribution is -0.138. The van der Waals surface area contributed by atoms with Crippen molar-refractivity contribution < 1.29 is 26.6 Å². The first-order chi connectivity index (χ1) is 14.0. The van der Waals surface area contributed by atoms with Crippen molar-refractivity contribution in [2.75, 3.05) is 20.6 Å². The van der Waals surface area contributed by atoms with Gasteiger partial charge in [-0.3, -0.25) is 4.79 Å². The molecule has 4 nitrogen and oxygen atoms in total. The highest BCUT2D eigenvalue weighted by Gasteiger charge is 2.65. The molecule has 0 radical (unpaired) electrons. The lowest BCUT2D eigenvalue weighted by Gasteiger charge is -2.57. The van der Waals surface area contributed by atoms with Gasteiger partial charge in [-0.25, -0.2) is 0 Å². The molecular weight excluding hydrogens is 278 g/mol. The molecule has 1 aromatic carbocycles. The second-order valence-electron chi connectivity index (χ2n) is 6.23. The van der Waals surface area contributed by atoms with Gasteiger partial charge < -0.3 is 14.4 Å². The minimum absolute atomic E-state index is 0.0441. The number of hydrogen-bond donors (Lipinski definition) is 0. The van der Waals surface area contributed by atoms with Crippen LogP contribution < -0.4 is 9.47 Å². The summed E-state index contributed by atoms with van der Waals surface area (Å²) in [4.78, 5) is 14.6. The van der Waals surface area contributed by atoms with Crippen LogP contribution in [0.3, 0.4) is 0 Å². The number of piperidine rings is 1. The number of likely N-dealkylation sites (tertiary alicyclic amines) is 1. The molecule has 22 heavy (non-hydrogen) atoms. The normalized spacial score (nSPS) is 56.3. The molecule has 1 saturated carbocycles. The molecule has 4 aliphatic rings. The number of nitrogens with zero attached hydrogens (tertiary/aromatic N) is 1. The van der Waals surface area contributed by atoms with Gasteiger partial charge in [-0.2, -0.15) is 0 Å². The summed E-state index contributed by atoms with van der Waals surface area (Å²) >= 11 is 0. The Hall–Kier alpha value is -1.55. The van der Waals surface area contributed by atoms with E-state index in [0.29, 0.717) is 0 Å². The number of ether oxygens (including phenoxy) is 2. The number of rotatable bonds is 1. The third-order valence-corrected chi connectivity index (χ3v) is 5.34. The van der Waals surface area contributed by atoms with E-state index in [4.69, 9.17) is 19.1 Å². The average molecular weight is 308 g/mol. The predicted octanol–water partition coefficient (Wildman–Crippen LogP) is 1.93. The molecule has 1 aromatic rings. The van der Waals surface area contributed by atoms with Crippen LogP contribution in [0.2, 0.25) is 0 Å². The molecule has 2 heterocycles. The molecule has 1 unspecified atom stereocenters. The van der Waals surface area contributed by atoms with Crippen LogP contribution in [0.4, 0.5) is 0 Å². The number of hydrogen-bond acceptors (Lipinski definition) is 4. The second kappa shape index (κ2) is 4.05. The van der Waals surface area contributed by atoms with Crippen molar-refractivity contribution in [2.45, 2.75) is 43.1 Å². The Morgan fingerprint density at radius 1 is 1.59 bits per heavy atom. The van der Waals surface area contributed by atoms with Gasteiger partial charge >= 0.3 is 0 Å². The summed E-state index contributed by atoms with van der Waals surface area (Å²) in [6.45, 7) is 0.184. The van der Waals surface area contributed by atoms with Crippen molar-refractivity contribution in [1.82, 2.24) is 4.90 Å². The number of likely N-dealkylation sites (N-methyl/N-ethyl adjacent to an activating group) is 1. The minimum atomic E-state index is -2.84. The molecule has 0 N–H and O–H groups in total. The first-order valence-corrected chi connectivity index (χ1v) is 7.34. The van der Waals surface area contributed by atoms with Crippen molar-refractivity contribution in [1.29, 1.82) is 0 Å². The predicted molar refractivity (Wildman–Crippen MR) is 81.6 cm³/mol. The molecule has 2 bridgehead atoms. The van der Waals surface area contributed by atoms with E-state index in [9.17, 15) is 7.54 Å². The van der Waals surface area contributed by atoms with Gasteiger partial charge in [0.1, 0.15) is 0 Å². The zero-order chi connectivity index (χ0) is 23.0. The zero-order valence-corrected chi connectivity index (χ0v) is 12.0. The van der Waals surface area contributed by atoms with Crippen molar-refractivity contribution in [3.8, 4) is 11.5 Å². The van der Waals surface area contributed by atoms with Crippen LogP contribution >= 0.6 is 0 Å². The van der Waals surface area contributed by atoms with Crippen molar-refractivity contribution in [3.05, 3.63) is 23.3 Å². The van der Waals surface area contributed by atoms with Gasteiger partial charge in [0.2, 0.25) is 0 Å². The van der Waals surface area contributed by atoms with E-state index in [0.717, 1.165) is 0 Å². The summed E-state index contributed by atoms with van der Waals surface area (Å²) in [5.41, 5.74) is -1.28. The molecule has 4 atom stereocenters. The number of benzene rings is 1.